The summed E-state index contributed by atoms with van der Waals surface area (Å²) in [5.74, 6) is 1.41. The molecule has 1 N–H and O–H groups in total. The molecule has 0 aliphatic rings. The molecule has 1 aromatic heterocycles. The first kappa shape index (κ1) is 19.1. The van der Waals surface area contributed by atoms with E-state index in [2.05, 4.69) is 10.2 Å². The SMILES string of the molecule is COc1ccc(/C(O)=C/Sc2nnc(Cc3ccccc3)o2)cc1.[Br-]. The molecule has 2 aromatic carbocycles. The van der Waals surface area contributed by atoms with Crippen LogP contribution in [0.15, 0.2) is 69.6 Å². The quantitative estimate of drug-likeness (QED) is 0.480. The maximum atomic E-state index is 10.1. The third kappa shape index (κ3) is 5.37. The Morgan fingerprint density at radius 3 is 2.52 bits per heavy atom. The Hall–Kier alpha value is -2.25. The Morgan fingerprint density at radius 2 is 1.84 bits per heavy atom. The number of rotatable bonds is 6. The lowest BCUT2D eigenvalue weighted by molar-refractivity contribution is -0.00000681. The Bertz CT molecular complexity index is 820. The van der Waals surface area contributed by atoms with E-state index < -0.39 is 0 Å². The third-order valence-corrected chi connectivity index (χ3v) is 4.01. The molecule has 3 aromatic rings. The second kappa shape index (κ2) is 9.29. The van der Waals surface area contributed by atoms with Gasteiger partial charge in [0.05, 0.1) is 13.5 Å². The van der Waals surface area contributed by atoms with Gasteiger partial charge >= 0.3 is 0 Å². The standard InChI is InChI=1S/C18H16N2O3S.BrH/c1-22-15-9-7-14(8-10-15)16(21)12-24-18-20-19-17(23-18)11-13-5-3-2-4-6-13;/h2-10,12,21H,11H2,1H3;1H/p-1/b16-12-;. The zero-order valence-corrected chi connectivity index (χ0v) is 15.8. The first-order valence-corrected chi connectivity index (χ1v) is 8.19. The van der Waals surface area contributed by atoms with Crippen LogP contribution in [-0.2, 0) is 6.42 Å². The van der Waals surface area contributed by atoms with Gasteiger partial charge in [0.2, 0.25) is 5.89 Å². The molecule has 3 rings (SSSR count). The average molecular weight is 420 g/mol. The summed E-state index contributed by atoms with van der Waals surface area (Å²) < 4.78 is 10.7. The zero-order chi connectivity index (χ0) is 16.8. The van der Waals surface area contributed by atoms with Gasteiger partial charge in [0.15, 0.2) is 0 Å². The van der Waals surface area contributed by atoms with Gasteiger partial charge in [0.25, 0.3) is 5.22 Å². The van der Waals surface area contributed by atoms with Gasteiger partial charge in [0, 0.05) is 11.0 Å². The van der Waals surface area contributed by atoms with Crippen LogP contribution in [0.5, 0.6) is 5.75 Å². The van der Waals surface area contributed by atoms with Crippen LogP contribution in [0.1, 0.15) is 17.0 Å². The lowest BCUT2D eigenvalue weighted by atomic mass is 10.2. The molecule has 1 heterocycles. The Labute approximate surface area is 160 Å². The molecule has 0 atom stereocenters. The molecule has 0 aliphatic heterocycles. The highest BCUT2D eigenvalue weighted by Crippen LogP contribution is 2.24. The van der Waals surface area contributed by atoms with E-state index in [0.717, 1.165) is 11.3 Å². The van der Waals surface area contributed by atoms with Gasteiger partial charge in [-0.25, -0.2) is 0 Å². The van der Waals surface area contributed by atoms with Crippen LogP contribution in [0.3, 0.4) is 0 Å². The number of aromatic nitrogens is 2. The van der Waals surface area contributed by atoms with E-state index in [9.17, 15) is 5.11 Å². The van der Waals surface area contributed by atoms with Gasteiger partial charge in [-0.2, -0.15) is 0 Å². The highest BCUT2D eigenvalue weighted by molar-refractivity contribution is 8.02. The minimum Gasteiger partial charge on any atom is -1.00 e. The van der Waals surface area contributed by atoms with E-state index >= 15 is 0 Å². The van der Waals surface area contributed by atoms with Crippen molar-refractivity contribution in [2.24, 2.45) is 0 Å². The Kier molecular flexibility index (Phi) is 7.09. The summed E-state index contributed by atoms with van der Waals surface area (Å²) in [5, 5.41) is 20.1. The van der Waals surface area contributed by atoms with Crippen molar-refractivity contribution in [3.8, 4) is 5.75 Å². The second-order valence-electron chi connectivity index (χ2n) is 4.97. The summed E-state index contributed by atoms with van der Waals surface area (Å²) in [6, 6.07) is 17.0. The largest absolute Gasteiger partial charge is 1.00 e. The fourth-order valence-electron chi connectivity index (χ4n) is 2.06. The topological polar surface area (TPSA) is 68.4 Å². The minimum atomic E-state index is 0. The number of halogens is 1. The summed E-state index contributed by atoms with van der Waals surface area (Å²) in [6.45, 7) is 0. The number of ether oxygens (including phenoxy) is 1. The van der Waals surface area contributed by atoms with E-state index in [1.165, 1.54) is 11.8 Å². The summed E-state index contributed by atoms with van der Waals surface area (Å²) >= 11 is 1.18. The van der Waals surface area contributed by atoms with E-state index in [1.807, 2.05) is 30.3 Å². The highest BCUT2D eigenvalue weighted by Gasteiger charge is 2.07. The monoisotopic (exact) mass is 419 g/mol. The predicted molar refractivity (Wildman–Crippen MR) is 93.0 cm³/mol. The van der Waals surface area contributed by atoms with Crippen LogP contribution in [0.2, 0.25) is 0 Å². The molecule has 0 amide bonds. The van der Waals surface area contributed by atoms with Gasteiger partial charge in [-0.05, 0) is 41.6 Å². The van der Waals surface area contributed by atoms with Gasteiger partial charge in [-0.1, -0.05) is 30.3 Å². The van der Waals surface area contributed by atoms with Crippen molar-refractivity contribution in [3.63, 3.8) is 0 Å². The minimum absolute atomic E-state index is 0. The normalized spacial score (nSPS) is 11.0. The first-order valence-electron chi connectivity index (χ1n) is 7.31. The molecule has 0 radical (unpaired) electrons. The summed E-state index contributed by atoms with van der Waals surface area (Å²) in [7, 11) is 1.60. The van der Waals surface area contributed by atoms with Gasteiger partial charge in [-0.3, -0.25) is 0 Å². The maximum Gasteiger partial charge on any atom is 0.281 e. The lowest BCUT2D eigenvalue weighted by Crippen LogP contribution is -3.00. The summed E-state index contributed by atoms with van der Waals surface area (Å²) in [4.78, 5) is 0. The number of aliphatic hydroxyl groups is 1. The highest BCUT2D eigenvalue weighted by atomic mass is 79.9. The Morgan fingerprint density at radius 1 is 1.12 bits per heavy atom. The molecular formula is C18H16BrN2O3S-. The number of hydrogen-bond acceptors (Lipinski definition) is 6. The molecule has 0 saturated heterocycles. The fourth-order valence-corrected chi connectivity index (χ4v) is 2.64. The van der Waals surface area contributed by atoms with E-state index in [-0.39, 0.29) is 22.7 Å². The molecule has 25 heavy (non-hydrogen) atoms. The van der Waals surface area contributed by atoms with Crippen molar-refractivity contribution in [3.05, 3.63) is 77.0 Å². The van der Waals surface area contributed by atoms with E-state index in [4.69, 9.17) is 9.15 Å². The molecule has 0 saturated carbocycles. The number of nitrogens with zero attached hydrogens (tertiary/aromatic N) is 2. The Balaban J connectivity index is 0.00000225. The second-order valence-corrected chi connectivity index (χ2v) is 5.79. The van der Waals surface area contributed by atoms with Crippen LogP contribution in [-0.4, -0.2) is 22.4 Å². The lowest BCUT2D eigenvalue weighted by Gasteiger charge is -2.02. The van der Waals surface area contributed by atoms with Crippen LogP contribution in [0.25, 0.3) is 5.76 Å². The van der Waals surface area contributed by atoms with E-state index in [1.54, 1.807) is 36.8 Å². The molecule has 0 fully saturated rings. The van der Waals surface area contributed by atoms with Crippen molar-refractivity contribution >= 4 is 17.5 Å². The molecule has 7 heteroatoms. The molecule has 0 aliphatic carbocycles. The predicted octanol–water partition coefficient (Wildman–Crippen LogP) is 1.32. The van der Waals surface area contributed by atoms with Crippen LogP contribution < -0.4 is 21.7 Å². The van der Waals surface area contributed by atoms with Crippen LogP contribution in [0, 0.1) is 0 Å². The van der Waals surface area contributed by atoms with Crippen molar-refractivity contribution < 1.29 is 31.2 Å². The van der Waals surface area contributed by atoms with Crippen LogP contribution in [0.4, 0.5) is 0 Å². The van der Waals surface area contributed by atoms with Gasteiger partial charge < -0.3 is 31.2 Å². The fraction of sp³-hybridized carbons (Fsp3) is 0.111. The number of thioether (sulfide) groups is 1. The average Bonchev–Trinajstić information content (AvgIpc) is 3.08. The summed E-state index contributed by atoms with van der Waals surface area (Å²) in [5.41, 5.74) is 1.79. The maximum absolute atomic E-state index is 10.1. The number of hydrogen-bond donors (Lipinski definition) is 1. The number of aliphatic hydroxyl groups excluding tert-OH is 1. The third-order valence-electron chi connectivity index (χ3n) is 3.30. The smallest absolute Gasteiger partial charge is 0.281 e. The van der Waals surface area contributed by atoms with E-state index in [0.29, 0.717) is 23.1 Å². The zero-order valence-electron chi connectivity index (χ0n) is 13.4. The van der Waals surface area contributed by atoms with Crippen molar-refractivity contribution in [2.45, 2.75) is 11.6 Å². The van der Waals surface area contributed by atoms with Gasteiger partial charge in [0.1, 0.15) is 11.5 Å². The van der Waals surface area contributed by atoms with Crippen molar-refractivity contribution in [1.29, 1.82) is 0 Å². The van der Waals surface area contributed by atoms with Crippen molar-refractivity contribution in [1.82, 2.24) is 10.2 Å². The number of methoxy groups -OCH3 is 1. The molecular weight excluding hydrogens is 404 g/mol. The van der Waals surface area contributed by atoms with Crippen molar-refractivity contribution in [2.75, 3.05) is 7.11 Å². The molecule has 5 nitrogen and oxygen atoms in total. The number of benzene rings is 2. The van der Waals surface area contributed by atoms with Crippen LogP contribution >= 0.6 is 11.8 Å². The molecule has 0 bridgehead atoms. The molecule has 0 unspecified atom stereocenters. The first-order chi connectivity index (χ1) is 11.7. The molecule has 130 valence electrons. The van der Waals surface area contributed by atoms with Gasteiger partial charge in [-0.15, -0.1) is 10.2 Å². The molecule has 0 spiro atoms. The summed E-state index contributed by atoms with van der Waals surface area (Å²) in [6.07, 6.45) is 0.586.